The Balaban J connectivity index is 0.000000273. The Bertz CT molecular complexity index is 647. The van der Waals surface area contributed by atoms with Crippen LogP contribution in [-0.2, 0) is 4.74 Å². The molecular formula is C21H28N2O3. The summed E-state index contributed by atoms with van der Waals surface area (Å²) >= 11 is 0. The lowest BCUT2D eigenvalue weighted by molar-refractivity contribution is 0.0766. The van der Waals surface area contributed by atoms with Gasteiger partial charge in [0.2, 0.25) is 0 Å². The maximum Gasteiger partial charge on any atom is 0.251 e. The van der Waals surface area contributed by atoms with Crippen molar-refractivity contribution < 1.29 is 14.6 Å². The molecule has 0 aliphatic carbocycles. The zero-order valence-corrected chi connectivity index (χ0v) is 15.5. The van der Waals surface area contributed by atoms with Crippen molar-refractivity contribution in [3.05, 3.63) is 59.8 Å². The van der Waals surface area contributed by atoms with Crippen LogP contribution in [0.3, 0.4) is 0 Å². The van der Waals surface area contributed by atoms with E-state index in [9.17, 15) is 9.90 Å². The Morgan fingerprint density at radius 3 is 2.88 bits per heavy atom. The standard InChI is InChI=1S/C12H13NO2.C9H15NO/c1-3-10-5-4-6-11(9-10)12(14)13-7-8-15-2;1-2-3-7-10-8-5-4-6-9(10)11/h1,4-6,9H,7-8H2,2H3,(H,13,14);4-6,8-9,11H,2-3,7H2,1H3. The summed E-state index contributed by atoms with van der Waals surface area (Å²) in [5.41, 5.74) is 1.27. The third-order valence-corrected chi connectivity index (χ3v) is 3.66. The summed E-state index contributed by atoms with van der Waals surface area (Å²) in [5, 5.41) is 12.1. The van der Waals surface area contributed by atoms with E-state index in [2.05, 4.69) is 18.2 Å². The monoisotopic (exact) mass is 356 g/mol. The van der Waals surface area contributed by atoms with Crippen LogP contribution in [-0.4, -0.2) is 48.9 Å². The summed E-state index contributed by atoms with van der Waals surface area (Å²) in [6, 6.07) is 6.96. The van der Waals surface area contributed by atoms with Gasteiger partial charge in [0.1, 0.15) is 6.23 Å². The first-order valence-corrected chi connectivity index (χ1v) is 8.75. The smallest absolute Gasteiger partial charge is 0.251 e. The van der Waals surface area contributed by atoms with Crippen LogP contribution >= 0.6 is 0 Å². The summed E-state index contributed by atoms with van der Waals surface area (Å²) in [5.74, 6) is 2.35. The lowest BCUT2D eigenvalue weighted by atomic mass is 10.1. The van der Waals surface area contributed by atoms with Crippen LogP contribution in [0.5, 0.6) is 0 Å². The minimum absolute atomic E-state index is 0.135. The lowest BCUT2D eigenvalue weighted by Crippen LogP contribution is -2.30. The van der Waals surface area contributed by atoms with Crippen LogP contribution < -0.4 is 5.32 Å². The number of methoxy groups -OCH3 is 1. The van der Waals surface area contributed by atoms with Gasteiger partial charge in [0, 0.05) is 37.5 Å². The lowest BCUT2D eigenvalue weighted by Gasteiger charge is -2.25. The van der Waals surface area contributed by atoms with E-state index < -0.39 is 6.23 Å². The average molecular weight is 356 g/mol. The molecule has 1 heterocycles. The number of carbonyl (C=O) groups excluding carboxylic acids is 1. The first kappa shape index (κ1) is 21.5. The fourth-order valence-electron chi connectivity index (χ4n) is 2.19. The summed E-state index contributed by atoms with van der Waals surface area (Å²) in [7, 11) is 1.59. The molecule has 2 N–H and O–H groups in total. The maximum absolute atomic E-state index is 11.6. The van der Waals surface area contributed by atoms with Gasteiger partial charge in [-0.25, -0.2) is 0 Å². The van der Waals surface area contributed by atoms with Gasteiger partial charge in [0.25, 0.3) is 5.91 Å². The van der Waals surface area contributed by atoms with E-state index >= 15 is 0 Å². The second kappa shape index (κ2) is 12.8. The Morgan fingerprint density at radius 2 is 2.23 bits per heavy atom. The Morgan fingerprint density at radius 1 is 1.42 bits per heavy atom. The van der Waals surface area contributed by atoms with Gasteiger partial charge in [0.15, 0.2) is 0 Å². The number of aliphatic hydroxyl groups is 1. The third-order valence-electron chi connectivity index (χ3n) is 3.66. The zero-order chi connectivity index (χ0) is 19.2. The zero-order valence-electron chi connectivity index (χ0n) is 15.5. The minimum atomic E-state index is -0.411. The van der Waals surface area contributed by atoms with E-state index in [0.29, 0.717) is 24.3 Å². The van der Waals surface area contributed by atoms with Gasteiger partial charge in [0.05, 0.1) is 6.61 Å². The van der Waals surface area contributed by atoms with Crippen molar-refractivity contribution in [3.8, 4) is 12.3 Å². The predicted molar refractivity (Wildman–Crippen MR) is 104 cm³/mol. The highest BCUT2D eigenvalue weighted by Gasteiger charge is 2.08. The molecule has 0 fully saturated rings. The van der Waals surface area contributed by atoms with Gasteiger partial charge in [-0.3, -0.25) is 4.79 Å². The first-order valence-electron chi connectivity index (χ1n) is 8.75. The van der Waals surface area contributed by atoms with Crippen molar-refractivity contribution in [2.75, 3.05) is 26.8 Å². The highest BCUT2D eigenvalue weighted by atomic mass is 16.5. The maximum atomic E-state index is 11.6. The number of allylic oxidation sites excluding steroid dienone is 2. The normalized spacial score (nSPS) is 15.0. The number of hydrogen-bond donors (Lipinski definition) is 2. The fourth-order valence-corrected chi connectivity index (χ4v) is 2.19. The summed E-state index contributed by atoms with van der Waals surface area (Å²) in [4.78, 5) is 13.5. The van der Waals surface area contributed by atoms with Crippen LogP contribution in [0.2, 0.25) is 0 Å². The molecule has 0 spiro atoms. The van der Waals surface area contributed by atoms with Crippen molar-refractivity contribution >= 4 is 5.91 Å². The predicted octanol–water partition coefficient (Wildman–Crippen LogP) is 2.53. The molecule has 5 nitrogen and oxygen atoms in total. The molecule has 1 aliphatic rings. The van der Waals surface area contributed by atoms with Gasteiger partial charge in [-0.1, -0.05) is 31.4 Å². The number of aliphatic hydroxyl groups excluding tert-OH is 1. The molecule has 0 saturated carbocycles. The van der Waals surface area contributed by atoms with E-state index in [1.54, 1.807) is 37.5 Å². The summed E-state index contributed by atoms with van der Waals surface area (Å²) in [6.45, 7) is 4.09. The molecule has 1 atom stereocenters. The van der Waals surface area contributed by atoms with Crippen LogP contribution in [0.1, 0.15) is 35.7 Å². The number of unbranched alkanes of at least 4 members (excludes halogenated alkanes) is 1. The Labute approximate surface area is 156 Å². The Hall–Kier alpha value is -2.55. The highest BCUT2D eigenvalue weighted by molar-refractivity contribution is 5.94. The molecular weight excluding hydrogens is 328 g/mol. The van der Waals surface area contributed by atoms with Gasteiger partial charge in [-0.05, 0) is 36.8 Å². The van der Waals surface area contributed by atoms with Crippen LogP contribution in [0.15, 0.2) is 48.7 Å². The number of nitrogens with one attached hydrogen (secondary N) is 1. The molecule has 1 aromatic rings. The molecule has 1 amide bonds. The molecule has 26 heavy (non-hydrogen) atoms. The van der Waals surface area contributed by atoms with Crippen LogP contribution in [0, 0.1) is 12.3 Å². The second-order valence-corrected chi connectivity index (χ2v) is 5.71. The molecule has 0 bridgehead atoms. The first-order chi connectivity index (χ1) is 12.6. The number of amides is 1. The van der Waals surface area contributed by atoms with Crippen molar-refractivity contribution in [1.29, 1.82) is 0 Å². The number of ether oxygens (including phenoxy) is 1. The summed E-state index contributed by atoms with van der Waals surface area (Å²) in [6.07, 6.45) is 14.7. The van der Waals surface area contributed by atoms with E-state index in [1.165, 1.54) is 6.42 Å². The number of benzene rings is 1. The largest absolute Gasteiger partial charge is 0.383 e. The van der Waals surface area contributed by atoms with E-state index in [1.807, 2.05) is 23.3 Å². The van der Waals surface area contributed by atoms with E-state index in [4.69, 9.17) is 11.2 Å². The second-order valence-electron chi connectivity index (χ2n) is 5.71. The van der Waals surface area contributed by atoms with Crippen LogP contribution in [0.25, 0.3) is 0 Å². The number of terminal acetylenes is 1. The SMILES string of the molecule is C#Cc1cccc(C(=O)NCCOC)c1.CCCCN1C=CC=CC1O. The van der Waals surface area contributed by atoms with Crippen molar-refractivity contribution in [1.82, 2.24) is 10.2 Å². The quantitative estimate of drug-likeness (QED) is 0.582. The van der Waals surface area contributed by atoms with E-state index in [0.717, 1.165) is 13.0 Å². The molecule has 0 aromatic heterocycles. The number of nitrogens with zero attached hydrogens (tertiary/aromatic N) is 1. The number of carbonyl (C=O) groups is 1. The number of rotatable bonds is 7. The molecule has 1 aliphatic heterocycles. The molecule has 1 aromatic carbocycles. The third kappa shape index (κ3) is 8.02. The molecule has 0 radical (unpaired) electrons. The number of hydrogen-bond acceptors (Lipinski definition) is 4. The van der Waals surface area contributed by atoms with Crippen molar-refractivity contribution in [2.24, 2.45) is 0 Å². The van der Waals surface area contributed by atoms with Crippen LogP contribution in [0.4, 0.5) is 0 Å². The van der Waals surface area contributed by atoms with Crippen molar-refractivity contribution in [2.45, 2.75) is 26.0 Å². The summed E-state index contributed by atoms with van der Waals surface area (Å²) < 4.78 is 4.83. The van der Waals surface area contributed by atoms with Gasteiger partial charge in [-0.2, -0.15) is 0 Å². The molecule has 1 unspecified atom stereocenters. The molecule has 5 heteroatoms. The topological polar surface area (TPSA) is 61.8 Å². The fraction of sp³-hybridized carbons (Fsp3) is 0.381. The molecule has 140 valence electrons. The molecule has 0 saturated heterocycles. The van der Waals surface area contributed by atoms with Gasteiger partial charge < -0.3 is 20.1 Å². The van der Waals surface area contributed by atoms with Gasteiger partial charge >= 0.3 is 0 Å². The van der Waals surface area contributed by atoms with Gasteiger partial charge in [-0.15, -0.1) is 6.42 Å². The minimum Gasteiger partial charge on any atom is -0.383 e. The van der Waals surface area contributed by atoms with E-state index in [-0.39, 0.29) is 5.91 Å². The highest BCUT2D eigenvalue weighted by Crippen LogP contribution is 2.06. The average Bonchev–Trinajstić information content (AvgIpc) is 2.68. The molecule has 2 rings (SSSR count). The van der Waals surface area contributed by atoms with Crippen molar-refractivity contribution in [3.63, 3.8) is 0 Å². The Kier molecular flexibility index (Phi) is 10.5.